The summed E-state index contributed by atoms with van der Waals surface area (Å²) in [4.78, 5) is 10.9. The molecule has 1 N–H and O–H groups in total. The minimum atomic E-state index is -0.419. The van der Waals surface area contributed by atoms with Crippen LogP contribution in [0.2, 0.25) is 5.02 Å². The largest absolute Gasteiger partial charge is 0.491 e. The Morgan fingerprint density at radius 2 is 1.87 bits per heavy atom. The summed E-state index contributed by atoms with van der Waals surface area (Å²) < 4.78 is 12.2. The van der Waals surface area contributed by atoms with E-state index in [1.165, 1.54) is 0 Å². The van der Waals surface area contributed by atoms with Crippen molar-refractivity contribution in [2.75, 3.05) is 13.6 Å². The Bertz CT molecular complexity index is 612. The zero-order chi connectivity index (χ0) is 17.3. The summed E-state index contributed by atoms with van der Waals surface area (Å²) in [5.74, 6) is 0. The molecule has 0 saturated carbocycles. The van der Waals surface area contributed by atoms with E-state index >= 15 is 0 Å². The van der Waals surface area contributed by atoms with Crippen LogP contribution in [0.25, 0.3) is 6.08 Å². The standard InChI is InChI=1S/C17H23BClNO3/c1-16(2)17(3,4)23-18(22-16)14(10-20-5)8-12-6-7-13(11-21)15(19)9-12/h6-9,11,20H,10H2,1-5H3. The molecule has 2 rings (SSSR count). The summed E-state index contributed by atoms with van der Waals surface area (Å²) in [6, 6.07) is 5.34. The molecule has 124 valence electrons. The number of aldehydes is 1. The van der Waals surface area contributed by atoms with Gasteiger partial charge in [-0.2, -0.15) is 0 Å². The zero-order valence-corrected chi connectivity index (χ0v) is 15.0. The number of benzene rings is 1. The molecule has 0 amide bonds. The molecule has 1 aromatic carbocycles. The molecule has 1 aliphatic rings. The fraction of sp³-hybridized carbons (Fsp3) is 0.471. The zero-order valence-electron chi connectivity index (χ0n) is 14.3. The molecule has 0 spiro atoms. The van der Waals surface area contributed by atoms with Crippen molar-refractivity contribution in [3.05, 3.63) is 39.8 Å². The number of hydrogen-bond acceptors (Lipinski definition) is 4. The monoisotopic (exact) mass is 335 g/mol. The molecule has 1 heterocycles. The second-order valence-corrected chi connectivity index (χ2v) is 7.14. The van der Waals surface area contributed by atoms with Crippen LogP contribution in [-0.2, 0) is 9.31 Å². The summed E-state index contributed by atoms with van der Waals surface area (Å²) in [5, 5.41) is 3.58. The predicted molar refractivity (Wildman–Crippen MR) is 94.8 cm³/mol. The van der Waals surface area contributed by atoms with Crippen molar-refractivity contribution < 1.29 is 14.1 Å². The highest BCUT2D eigenvalue weighted by Crippen LogP contribution is 2.38. The number of nitrogens with one attached hydrogen (secondary N) is 1. The number of hydrogen-bond donors (Lipinski definition) is 1. The maximum absolute atomic E-state index is 10.9. The van der Waals surface area contributed by atoms with Crippen LogP contribution in [0.15, 0.2) is 23.7 Å². The van der Waals surface area contributed by atoms with Crippen LogP contribution < -0.4 is 5.32 Å². The number of likely N-dealkylation sites (N-methyl/N-ethyl adjacent to an activating group) is 1. The van der Waals surface area contributed by atoms with E-state index in [0.29, 0.717) is 17.1 Å². The topological polar surface area (TPSA) is 47.6 Å². The van der Waals surface area contributed by atoms with E-state index in [2.05, 4.69) is 5.32 Å². The van der Waals surface area contributed by atoms with Gasteiger partial charge in [-0.1, -0.05) is 23.7 Å². The molecule has 4 nitrogen and oxygen atoms in total. The first-order chi connectivity index (χ1) is 10.7. The van der Waals surface area contributed by atoms with Crippen LogP contribution in [0.1, 0.15) is 43.6 Å². The van der Waals surface area contributed by atoms with Crippen LogP contribution in [0.3, 0.4) is 0 Å². The summed E-state index contributed by atoms with van der Waals surface area (Å²) >= 11 is 6.10. The summed E-state index contributed by atoms with van der Waals surface area (Å²) in [5.41, 5.74) is 1.59. The average molecular weight is 336 g/mol. The molecule has 0 atom stereocenters. The van der Waals surface area contributed by atoms with Crippen molar-refractivity contribution in [3.63, 3.8) is 0 Å². The van der Waals surface area contributed by atoms with E-state index in [0.717, 1.165) is 17.3 Å². The van der Waals surface area contributed by atoms with Gasteiger partial charge in [0.1, 0.15) is 0 Å². The minimum absolute atomic E-state index is 0.385. The third-order valence-electron chi connectivity index (χ3n) is 4.44. The highest BCUT2D eigenvalue weighted by molar-refractivity contribution is 6.56. The predicted octanol–water partition coefficient (Wildman–Crippen LogP) is 3.39. The lowest BCUT2D eigenvalue weighted by Crippen LogP contribution is -2.41. The van der Waals surface area contributed by atoms with Gasteiger partial charge in [0, 0.05) is 12.1 Å². The summed E-state index contributed by atoms with van der Waals surface area (Å²) in [7, 11) is 1.46. The van der Waals surface area contributed by atoms with Gasteiger partial charge in [0.05, 0.1) is 16.2 Å². The molecule has 1 fully saturated rings. The van der Waals surface area contributed by atoms with Crippen molar-refractivity contribution in [2.45, 2.75) is 38.9 Å². The maximum Gasteiger partial charge on any atom is 0.491 e. The van der Waals surface area contributed by atoms with E-state index in [4.69, 9.17) is 20.9 Å². The summed E-state index contributed by atoms with van der Waals surface area (Å²) in [6.45, 7) is 8.74. The van der Waals surface area contributed by atoms with Gasteiger partial charge in [-0.15, -0.1) is 0 Å². The SMILES string of the molecule is CNCC(=Cc1ccc(C=O)c(Cl)c1)B1OC(C)(C)C(C)(C)O1. The first-order valence-corrected chi connectivity index (χ1v) is 8.03. The molecule has 0 radical (unpaired) electrons. The van der Waals surface area contributed by atoms with Gasteiger partial charge < -0.3 is 14.6 Å². The first kappa shape index (κ1) is 18.2. The molecule has 23 heavy (non-hydrogen) atoms. The molecule has 1 aliphatic heterocycles. The Morgan fingerprint density at radius 3 is 2.35 bits per heavy atom. The van der Waals surface area contributed by atoms with Gasteiger partial charge in [-0.05, 0) is 57.9 Å². The highest BCUT2D eigenvalue weighted by Gasteiger charge is 2.52. The van der Waals surface area contributed by atoms with Gasteiger partial charge in [-0.25, -0.2) is 0 Å². The lowest BCUT2D eigenvalue weighted by molar-refractivity contribution is 0.00578. The Labute approximate surface area is 143 Å². The Kier molecular flexibility index (Phi) is 5.36. The second-order valence-electron chi connectivity index (χ2n) is 6.74. The average Bonchev–Trinajstić information content (AvgIpc) is 2.67. The van der Waals surface area contributed by atoms with Gasteiger partial charge in [-0.3, -0.25) is 4.79 Å². The number of carbonyl (C=O) groups is 1. The van der Waals surface area contributed by atoms with E-state index < -0.39 is 7.12 Å². The molecule has 0 unspecified atom stereocenters. The number of rotatable bonds is 5. The highest BCUT2D eigenvalue weighted by atomic mass is 35.5. The third-order valence-corrected chi connectivity index (χ3v) is 4.77. The Morgan fingerprint density at radius 1 is 1.26 bits per heavy atom. The third kappa shape index (κ3) is 3.86. The summed E-state index contributed by atoms with van der Waals surface area (Å²) in [6.07, 6.45) is 2.73. The normalized spacial score (nSPS) is 19.9. The van der Waals surface area contributed by atoms with Crippen molar-refractivity contribution in [2.24, 2.45) is 0 Å². The molecule has 6 heteroatoms. The molecule has 0 aromatic heterocycles. The quantitative estimate of drug-likeness (QED) is 0.662. The van der Waals surface area contributed by atoms with Crippen LogP contribution in [0.5, 0.6) is 0 Å². The number of halogens is 1. The van der Waals surface area contributed by atoms with Crippen LogP contribution in [0, 0.1) is 0 Å². The fourth-order valence-corrected chi connectivity index (χ4v) is 2.58. The molecule has 1 saturated heterocycles. The second kappa shape index (κ2) is 6.77. The van der Waals surface area contributed by atoms with Crippen LogP contribution in [-0.4, -0.2) is 38.2 Å². The molecule has 0 aliphatic carbocycles. The van der Waals surface area contributed by atoms with E-state index in [9.17, 15) is 4.79 Å². The Hall–Kier alpha value is -1.14. The molecule has 1 aromatic rings. The number of carbonyl (C=O) groups excluding carboxylic acids is 1. The van der Waals surface area contributed by atoms with E-state index in [1.807, 2.05) is 46.9 Å². The molecular formula is C17H23BClNO3. The minimum Gasteiger partial charge on any atom is -0.400 e. The van der Waals surface area contributed by atoms with Crippen LogP contribution >= 0.6 is 11.6 Å². The van der Waals surface area contributed by atoms with Crippen molar-refractivity contribution in [1.29, 1.82) is 0 Å². The molecular weight excluding hydrogens is 312 g/mol. The van der Waals surface area contributed by atoms with Gasteiger partial charge in [0.25, 0.3) is 0 Å². The van der Waals surface area contributed by atoms with E-state index in [1.54, 1.807) is 12.1 Å². The van der Waals surface area contributed by atoms with E-state index in [-0.39, 0.29) is 11.2 Å². The first-order valence-electron chi connectivity index (χ1n) is 7.65. The van der Waals surface area contributed by atoms with Gasteiger partial charge in [0.2, 0.25) is 0 Å². The van der Waals surface area contributed by atoms with Gasteiger partial charge in [0.15, 0.2) is 6.29 Å². The van der Waals surface area contributed by atoms with Crippen LogP contribution in [0.4, 0.5) is 0 Å². The lowest BCUT2D eigenvalue weighted by atomic mass is 9.77. The van der Waals surface area contributed by atoms with Crippen molar-refractivity contribution in [3.8, 4) is 0 Å². The van der Waals surface area contributed by atoms with Gasteiger partial charge >= 0.3 is 7.12 Å². The van der Waals surface area contributed by atoms with Crippen molar-refractivity contribution in [1.82, 2.24) is 5.32 Å². The lowest BCUT2D eigenvalue weighted by Gasteiger charge is -2.32. The van der Waals surface area contributed by atoms with Crippen molar-refractivity contribution >= 4 is 31.1 Å². The molecule has 0 bridgehead atoms. The fourth-order valence-electron chi connectivity index (χ4n) is 2.34. The smallest absolute Gasteiger partial charge is 0.400 e. The maximum atomic E-state index is 10.9. The Balaban J connectivity index is 2.32.